The number of rotatable bonds is 3. The average Bonchev–Trinajstić information content (AvgIpc) is 2.38. The van der Waals surface area contributed by atoms with Crippen molar-refractivity contribution in [2.24, 2.45) is 0 Å². The molecule has 2 rings (SSSR count). The molecule has 0 saturated carbocycles. The van der Waals surface area contributed by atoms with E-state index in [9.17, 15) is 0 Å². The first-order chi connectivity index (χ1) is 8.69. The Kier molecular flexibility index (Phi) is 4.24. The molecule has 18 heavy (non-hydrogen) atoms. The molecule has 0 aromatic heterocycles. The van der Waals surface area contributed by atoms with Crippen molar-refractivity contribution in [1.82, 2.24) is 0 Å². The van der Waals surface area contributed by atoms with E-state index in [4.69, 9.17) is 21.6 Å². The van der Waals surface area contributed by atoms with Crippen LogP contribution in [-0.2, 0) is 6.61 Å². The topological polar surface area (TPSA) is 33.0 Å². The highest BCUT2D eigenvalue weighted by Gasteiger charge is 2.02. The summed E-state index contributed by atoms with van der Waals surface area (Å²) in [5, 5.41) is 9.26. The minimum Gasteiger partial charge on any atom is -0.487 e. The van der Waals surface area contributed by atoms with E-state index in [1.54, 1.807) is 18.2 Å². The molecule has 0 unspecified atom stereocenters. The van der Waals surface area contributed by atoms with Gasteiger partial charge >= 0.3 is 0 Å². The summed E-state index contributed by atoms with van der Waals surface area (Å²) in [4.78, 5) is 0. The molecule has 0 bridgehead atoms. The maximum Gasteiger partial charge on any atom is 0.138 e. The molecular formula is C14H9BrClNO. The summed E-state index contributed by atoms with van der Waals surface area (Å²) in [5.41, 5.74) is 1.63. The quantitative estimate of drug-likeness (QED) is 0.830. The van der Waals surface area contributed by atoms with Crippen LogP contribution in [0.25, 0.3) is 0 Å². The smallest absolute Gasteiger partial charge is 0.138 e. The largest absolute Gasteiger partial charge is 0.487 e. The third kappa shape index (κ3) is 3.25. The van der Waals surface area contributed by atoms with Gasteiger partial charge in [0.15, 0.2) is 0 Å². The van der Waals surface area contributed by atoms with Gasteiger partial charge in [0.1, 0.15) is 12.4 Å². The minimum absolute atomic E-state index is 0.424. The lowest BCUT2D eigenvalue weighted by molar-refractivity contribution is 0.306. The predicted octanol–water partition coefficient (Wildman–Crippen LogP) is 4.55. The summed E-state index contributed by atoms with van der Waals surface area (Å²) in [6.07, 6.45) is 0. The first kappa shape index (κ1) is 12.9. The van der Waals surface area contributed by atoms with E-state index in [-0.39, 0.29) is 0 Å². The monoisotopic (exact) mass is 321 g/mol. The summed E-state index contributed by atoms with van der Waals surface area (Å²) in [6, 6.07) is 14.8. The van der Waals surface area contributed by atoms with Crippen molar-refractivity contribution in [2.45, 2.75) is 6.61 Å². The Morgan fingerprint density at radius 1 is 1.17 bits per heavy atom. The van der Waals surface area contributed by atoms with Crippen molar-refractivity contribution in [1.29, 1.82) is 5.26 Å². The van der Waals surface area contributed by atoms with Crippen LogP contribution in [0.4, 0.5) is 0 Å². The van der Waals surface area contributed by atoms with Gasteiger partial charge in [-0.15, -0.1) is 0 Å². The van der Waals surface area contributed by atoms with Gasteiger partial charge in [-0.2, -0.15) is 5.26 Å². The van der Waals surface area contributed by atoms with Gasteiger partial charge in [0.05, 0.1) is 16.7 Å². The van der Waals surface area contributed by atoms with Gasteiger partial charge in [0, 0.05) is 4.47 Å². The first-order valence-corrected chi connectivity index (χ1v) is 6.43. The van der Waals surface area contributed by atoms with Gasteiger partial charge in [-0.3, -0.25) is 0 Å². The van der Waals surface area contributed by atoms with Crippen molar-refractivity contribution in [3.63, 3.8) is 0 Å². The summed E-state index contributed by atoms with van der Waals surface area (Å²) in [7, 11) is 0. The zero-order chi connectivity index (χ0) is 13.0. The molecule has 2 aromatic carbocycles. The number of ether oxygens (including phenoxy) is 1. The van der Waals surface area contributed by atoms with Gasteiger partial charge in [0.2, 0.25) is 0 Å². The normalized spacial score (nSPS) is 9.83. The molecule has 0 fully saturated rings. The first-order valence-electron chi connectivity index (χ1n) is 5.26. The second kappa shape index (κ2) is 5.90. The third-order valence-electron chi connectivity index (χ3n) is 2.37. The molecule has 0 aliphatic rings. The lowest BCUT2D eigenvalue weighted by Crippen LogP contribution is -1.95. The highest BCUT2D eigenvalue weighted by molar-refractivity contribution is 9.10. The van der Waals surface area contributed by atoms with E-state index < -0.39 is 0 Å². The maximum absolute atomic E-state index is 8.70. The van der Waals surface area contributed by atoms with Gasteiger partial charge in [0.25, 0.3) is 0 Å². The lowest BCUT2D eigenvalue weighted by Gasteiger charge is -2.08. The Morgan fingerprint density at radius 2 is 1.89 bits per heavy atom. The zero-order valence-electron chi connectivity index (χ0n) is 9.36. The van der Waals surface area contributed by atoms with Crippen LogP contribution in [0, 0.1) is 11.3 Å². The van der Waals surface area contributed by atoms with Crippen molar-refractivity contribution >= 4 is 27.5 Å². The fourth-order valence-corrected chi connectivity index (χ4v) is 2.16. The number of halogens is 2. The second-order valence-electron chi connectivity index (χ2n) is 3.67. The Bertz CT molecular complexity index is 590. The highest BCUT2D eigenvalue weighted by atomic mass is 79.9. The van der Waals surface area contributed by atoms with Crippen molar-refractivity contribution in [2.75, 3.05) is 0 Å². The van der Waals surface area contributed by atoms with Crippen LogP contribution >= 0.6 is 27.5 Å². The minimum atomic E-state index is 0.424. The molecule has 0 radical (unpaired) electrons. The number of hydrogen-bond donors (Lipinski definition) is 0. The summed E-state index contributed by atoms with van der Waals surface area (Å²) in [6.45, 7) is 0.424. The van der Waals surface area contributed by atoms with Crippen LogP contribution in [0.15, 0.2) is 46.9 Å². The fraction of sp³-hybridized carbons (Fsp3) is 0.0714. The predicted molar refractivity (Wildman–Crippen MR) is 74.6 cm³/mol. The van der Waals surface area contributed by atoms with E-state index in [1.807, 2.05) is 24.3 Å². The van der Waals surface area contributed by atoms with Gasteiger partial charge in [-0.25, -0.2) is 0 Å². The van der Waals surface area contributed by atoms with E-state index in [0.29, 0.717) is 22.9 Å². The van der Waals surface area contributed by atoms with Crippen molar-refractivity contribution < 1.29 is 4.74 Å². The van der Waals surface area contributed by atoms with E-state index >= 15 is 0 Å². The Labute approximate surface area is 119 Å². The molecule has 2 aromatic rings. The van der Waals surface area contributed by atoms with Crippen molar-refractivity contribution in [3.05, 3.63) is 63.1 Å². The van der Waals surface area contributed by atoms with E-state index in [0.717, 1.165) is 10.0 Å². The number of benzene rings is 2. The molecule has 0 heterocycles. The molecule has 0 amide bonds. The number of hydrogen-bond acceptors (Lipinski definition) is 2. The Balaban J connectivity index is 2.04. The average molecular weight is 323 g/mol. The highest BCUT2D eigenvalue weighted by Crippen LogP contribution is 2.28. The van der Waals surface area contributed by atoms with Crippen LogP contribution in [0.3, 0.4) is 0 Å². The van der Waals surface area contributed by atoms with E-state index in [1.165, 1.54) is 0 Å². The molecule has 0 aliphatic carbocycles. The Morgan fingerprint density at radius 3 is 2.50 bits per heavy atom. The molecule has 0 N–H and O–H groups in total. The number of nitriles is 1. The zero-order valence-corrected chi connectivity index (χ0v) is 11.7. The molecule has 2 nitrogen and oxygen atoms in total. The van der Waals surface area contributed by atoms with Crippen LogP contribution in [0.1, 0.15) is 11.1 Å². The standard InChI is InChI=1S/C14H9BrClNO/c15-12-5-6-14(13(16)7-12)18-9-11-3-1-10(8-17)2-4-11/h1-7H,9H2. The third-order valence-corrected chi connectivity index (χ3v) is 3.16. The van der Waals surface area contributed by atoms with Gasteiger partial charge in [-0.1, -0.05) is 39.7 Å². The summed E-state index contributed by atoms with van der Waals surface area (Å²) >= 11 is 9.38. The molecule has 0 aliphatic heterocycles. The molecular weight excluding hydrogens is 314 g/mol. The maximum atomic E-state index is 8.70. The van der Waals surface area contributed by atoms with Gasteiger partial charge < -0.3 is 4.74 Å². The molecule has 4 heteroatoms. The fourth-order valence-electron chi connectivity index (χ4n) is 1.43. The molecule has 90 valence electrons. The van der Waals surface area contributed by atoms with E-state index in [2.05, 4.69) is 22.0 Å². The van der Waals surface area contributed by atoms with Crippen LogP contribution in [0.2, 0.25) is 5.02 Å². The summed E-state index contributed by atoms with van der Waals surface area (Å²) in [5.74, 6) is 0.643. The molecule has 0 saturated heterocycles. The van der Waals surface area contributed by atoms with Crippen LogP contribution < -0.4 is 4.74 Å². The van der Waals surface area contributed by atoms with Crippen LogP contribution in [-0.4, -0.2) is 0 Å². The molecule has 0 spiro atoms. The SMILES string of the molecule is N#Cc1ccc(COc2ccc(Br)cc2Cl)cc1. The van der Waals surface area contributed by atoms with Crippen molar-refractivity contribution in [3.8, 4) is 11.8 Å². The second-order valence-corrected chi connectivity index (χ2v) is 5.00. The number of nitrogens with zero attached hydrogens (tertiary/aromatic N) is 1. The Hall–Kier alpha value is -1.50. The molecule has 0 atom stereocenters. The van der Waals surface area contributed by atoms with Crippen LogP contribution in [0.5, 0.6) is 5.75 Å². The van der Waals surface area contributed by atoms with Gasteiger partial charge in [-0.05, 0) is 35.9 Å². The lowest BCUT2D eigenvalue weighted by atomic mass is 10.2. The summed E-state index contributed by atoms with van der Waals surface area (Å²) < 4.78 is 6.53.